The number of hydrogen-bond acceptors (Lipinski definition) is 6. The molecule has 1 N–H and O–H groups in total. The van der Waals surface area contributed by atoms with E-state index in [9.17, 15) is 19.2 Å². The summed E-state index contributed by atoms with van der Waals surface area (Å²) in [6, 6.07) is 18.1. The molecule has 8 nitrogen and oxygen atoms in total. The summed E-state index contributed by atoms with van der Waals surface area (Å²) in [4.78, 5) is 56.2. The quantitative estimate of drug-likeness (QED) is 0.437. The first-order valence-electron chi connectivity index (χ1n) is 11.1. The third-order valence-corrected chi connectivity index (χ3v) is 5.68. The van der Waals surface area contributed by atoms with Crippen LogP contribution < -0.4 is 10.9 Å². The summed E-state index contributed by atoms with van der Waals surface area (Å²) >= 11 is 0. The van der Waals surface area contributed by atoms with Crippen LogP contribution in [0.5, 0.6) is 0 Å². The van der Waals surface area contributed by atoms with Crippen molar-refractivity contribution in [2.75, 3.05) is 11.9 Å². The lowest BCUT2D eigenvalue weighted by Gasteiger charge is -2.15. The molecule has 1 aliphatic heterocycles. The summed E-state index contributed by atoms with van der Waals surface area (Å²) < 4.78 is 5.38. The largest absolute Gasteiger partial charge is 0.403 e. The Morgan fingerprint density at radius 1 is 0.943 bits per heavy atom. The molecule has 0 fully saturated rings. The van der Waals surface area contributed by atoms with Crippen LogP contribution in [0.1, 0.15) is 44.9 Å². The third kappa shape index (κ3) is 4.10. The number of anilines is 1. The van der Waals surface area contributed by atoms with Crippen molar-refractivity contribution in [3.05, 3.63) is 93.8 Å². The molecule has 0 atom stereocenters. The number of amides is 3. The standard InChI is InChI=1S/C27H21N3O5/c1-15(2)14-30-25(32)19-11-10-16(13-21(19)26(30)33)23(31)28-18-7-5-6-17(12-18)24-29-22-9-4-3-8-20(22)27(34)35-24/h3-13,15H,14H2,1-2H3,(H,28,31). The summed E-state index contributed by atoms with van der Waals surface area (Å²) in [5, 5.41) is 3.17. The second-order valence-corrected chi connectivity index (χ2v) is 8.73. The van der Waals surface area contributed by atoms with Gasteiger partial charge < -0.3 is 9.73 Å². The van der Waals surface area contributed by atoms with Crippen molar-refractivity contribution < 1.29 is 18.8 Å². The van der Waals surface area contributed by atoms with E-state index in [0.717, 1.165) is 0 Å². The van der Waals surface area contributed by atoms with Gasteiger partial charge in [-0.15, -0.1) is 0 Å². The lowest BCUT2D eigenvalue weighted by Crippen LogP contribution is -2.33. The number of aromatic nitrogens is 1. The van der Waals surface area contributed by atoms with Gasteiger partial charge in [-0.2, -0.15) is 0 Å². The van der Waals surface area contributed by atoms with E-state index in [0.29, 0.717) is 34.3 Å². The number of imide groups is 1. The SMILES string of the molecule is CC(C)CN1C(=O)c2ccc(C(=O)Nc3cccc(-c4nc5ccccc5c(=O)o4)c3)cc2C1=O. The van der Waals surface area contributed by atoms with Crippen molar-refractivity contribution in [2.24, 2.45) is 5.92 Å². The van der Waals surface area contributed by atoms with Crippen LogP contribution in [0.15, 0.2) is 75.9 Å². The van der Waals surface area contributed by atoms with Crippen LogP contribution >= 0.6 is 0 Å². The molecule has 174 valence electrons. The fourth-order valence-corrected chi connectivity index (χ4v) is 4.04. The second kappa shape index (κ2) is 8.64. The van der Waals surface area contributed by atoms with Crippen molar-refractivity contribution in [3.8, 4) is 11.5 Å². The van der Waals surface area contributed by atoms with E-state index in [1.165, 1.54) is 23.1 Å². The number of carbonyl (C=O) groups excluding carboxylic acids is 3. The first-order valence-corrected chi connectivity index (χ1v) is 11.1. The first-order chi connectivity index (χ1) is 16.8. The summed E-state index contributed by atoms with van der Waals surface area (Å²) in [6.07, 6.45) is 0. The third-order valence-electron chi connectivity index (χ3n) is 5.68. The molecular weight excluding hydrogens is 446 g/mol. The number of nitrogens with one attached hydrogen (secondary N) is 1. The highest BCUT2D eigenvalue weighted by Crippen LogP contribution is 2.26. The van der Waals surface area contributed by atoms with E-state index in [1.807, 2.05) is 13.8 Å². The maximum Gasteiger partial charge on any atom is 0.347 e. The maximum absolute atomic E-state index is 12.9. The van der Waals surface area contributed by atoms with Crippen LogP contribution in [0.3, 0.4) is 0 Å². The number of fused-ring (bicyclic) bond motifs is 2. The van der Waals surface area contributed by atoms with Crippen LogP contribution in [0.4, 0.5) is 5.69 Å². The van der Waals surface area contributed by atoms with E-state index in [4.69, 9.17) is 4.42 Å². The lowest BCUT2D eigenvalue weighted by molar-refractivity contribution is 0.0636. The summed E-state index contributed by atoms with van der Waals surface area (Å²) in [5.74, 6) is -0.915. The molecule has 0 saturated carbocycles. The van der Waals surface area contributed by atoms with Gasteiger partial charge in [0.1, 0.15) is 0 Å². The van der Waals surface area contributed by atoms with Crippen molar-refractivity contribution in [3.63, 3.8) is 0 Å². The average molecular weight is 467 g/mol. The van der Waals surface area contributed by atoms with Crippen molar-refractivity contribution >= 4 is 34.3 Å². The van der Waals surface area contributed by atoms with Gasteiger partial charge in [-0.25, -0.2) is 9.78 Å². The molecule has 35 heavy (non-hydrogen) atoms. The van der Waals surface area contributed by atoms with Crippen molar-refractivity contribution in [2.45, 2.75) is 13.8 Å². The minimum absolute atomic E-state index is 0.133. The summed E-state index contributed by atoms with van der Waals surface area (Å²) in [6.45, 7) is 4.17. The molecule has 1 aliphatic rings. The smallest absolute Gasteiger partial charge is 0.347 e. The number of hydrogen-bond donors (Lipinski definition) is 1. The van der Waals surface area contributed by atoms with Crippen molar-refractivity contribution in [1.29, 1.82) is 0 Å². The van der Waals surface area contributed by atoms with Gasteiger partial charge in [-0.1, -0.05) is 32.0 Å². The summed E-state index contributed by atoms with van der Waals surface area (Å²) in [5.41, 5.74) is 1.75. The van der Waals surface area contributed by atoms with Crippen LogP contribution in [0, 0.1) is 5.92 Å². The van der Waals surface area contributed by atoms with Gasteiger partial charge in [0.2, 0.25) is 5.89 Å². The Bertz CT molecular complexity index is 1570. The number of benzene rings is 3. The first kappa shape index (κ1) is 22.2. The molecular formula is C27H21N3O5. The Hall–Kier alpha value is -4.59. The Morgan fingerprint density at radius 3 is 2.51 bits per heavy atom. The van der Waals surface area contributed by atoms with Gasteiger partial charge in [-0.05, 0) is 54.4 Å². The zero-order chi connectivity index (χ0) is 24.7. The minimum atomic E-state index is -0.496. The van der Waals surface area contributed by atoms with Crippen LogP contribution in [-0.2, 0) is 0 Å². The lowest BCUT2D eigenvalue weighted by atomic mass is 10.1. The zero-order valence-electron chi connectivity index (χ0n) is 19.1. The van der Waals surface area contributed by atoms with Gasteiger partial charge in [0.05, 0.1) is 22.0 Å². The molecule has 0 radical (unpaired) electrons. The average Bonchev–Trinajstić information content (AvgIpc) is 3.08. The van der Waals surface area contributed by atoms with E-state index in [1.54, 1.807) is 48.5 Å². The molecule has 0 aliphatic carbocycles. The molecule has 5 rings (SSSR count). The highest BCUT2D eigenvalue weighted by molar-refractivity contribution is 6.22. The van der Waals surface area contributed by atoms with Crippen molar-refractivity contribution in [1.82, 2.24) is 9.88 Å². The Kier molecular flexibility index (Phi) is 5.49. The van der Waals surface area contributed by atoms with E-state index >= 15 is 0 Å². The maximum atomic E-state index is 12.9. The Balaban J connectivity index is 1.40. The molecule has 2 heterocycles. The minimum Gasteiger partial charge on any atom is -0.403 e. The van der Waals surface area contributed by atoms with Crippen LogP contribution in [0.2, 0.25) is 0 Å². The topological polar surface area (TPSA) is 110 Å². The molecule has 0 unspecified atom stereocenters. The van der Waals surface area contributed by atoms with Gasteiger partial charge >= 0.3 is 5.63 Å². The van der Waals surface area contributed by atoms with Crippen LogP contribution in [0.25, 0.3) is 22.4 Å². The second-order valence-electron chi connectivity index (χ2n) is 8.73. The molecule has 1 aromatic heterocycles. The number of carbonyl (C=O) groups is 3. The molecule has 3 aromatic carbocycles. The molecule has 3 amide bonds. The van der Waals surface area contributed by atoms with Gasteiger partial charge in [0.15, 0.2) is 0 Å². The molecule has 0 saturated heterocycles. The molecule has 8 heteroatoms. The van der Waals surface area contributed by atoms with Gasteiger partial charge in [-0.3, -0.25) is 19.3 Å². The summed E-state index contributed by atoms with van der Waals surface area (Å²) in [7, 11) is 0. The highest BCUT2D eigenvalue weighted by atomic mass is 16.4. The monoisotopic (exact) mass is 467 g/mol. The zero-order valence-corrected chi connectivity index (χ0v) is 19.1. The van der Waals surface area contributed by atoms with E-state index in [2.05, 4.69) is 10.3 Å². The van der Waals surface area contributed by atoms with Gasteiger partial charge in [0, 0.05) is 23.4 Å². The highest BCUT2D eigenvalue weighted by Gasteiger charge is 2.36. The van der Waals surface area contributed by atoms with Gasteiger partial charge in [0.25, 0.3) is 17.7 Å². The van der Waals surface area contributed by atoms with E-state index in [-0.39, 0.29) is 28.8 Å². The van der Waals surface area contributed by atoms with E-state index < -0.39 is 17.4 Å². The molecule has 4 aromatic rings. The predicted octanol–water partition coefficient (Wildman–Crippen LogP) is 4.36. The number of nitrogens with zero attached hydrogens (tertiary/aromatic N) is 2. The normalized spacial score (nSPS) is 12.9. The van der Waals surface area contributed by atoms with Crippen LogP contribution in [-0.4, -0.2) is 34.2 Å². The Morgan fingerprint density at radius 2 is 1.71 bits per heavy atom. The number of rotatable bonds is 5. The molecule has 0 bridgehead atoms. The predicted molar refractivity (Wildman–Crippen MR) is 130 cm³/mol. The fraction of sp³-hybridized carbons (Fsp3) is 0.148. The fourth-order valence-electron chi connectivity index (χ4n) is 4.04. The number of para-hydroxylation sites is 1. The molecule has 0 spiro atoms. The Labute approximate surface area is 200 Å².